The van der Waals surface area contributed by atoms with Crippen LogP contribution in [0.4, 0.5) is 0 Å². The monoisotopic (exact) mass is 426 g/mol. The van der Waals surface area contributed by atoms with Crippen LogP contribution in [0.1, 0.15) is 35.7 Å². The van der Waals surface area contributed by atoms with Gasteiger partial charge in [0.15, 0.2) is 11.8 Å². The van der Waals surface area contributed by atoms with Crippen LogP contribution in [0.15, 0.2) is 94.9 Å². The first kappa shape index (κ1) is 20.3. The number of hydrogen-bond acceptors (Lipinski definition) is 5. The maximum atomic E-state index is 9.70. The molecule has 2 aliphatic rings. The molecule has 162 valence electrons. The average Bonchev–Trinajstić information content (AvgIpc) is 3.53. The van der Waals surface area contributed by atoms with Crippen molar-refractivity contribution in [3.8, 4) is 5.75 Å². The quantitative estimate of drug-likeness (QED) is 0.583. The first-order valence-corrected chi connectivity index (χ1v) is 10.9. The summed E-state index contributed by atoms with van der Waals surface area (Å²) in [7, 11) is 0. The molecule has 0 aromatic heterocycles. The largest absolute Gasteiger partial charge is 0.508 e. The zero-order valence-corrected chi connectivity index (χ0v) is 18.0. The summed E-state index contributed by atoms with van der Waals surface area (Å²) in [6, 6.07) is 27.5. The first-order chi connectivity index (χ1) is 15.6. The van der Waals surface area contributed by atoms with E-state index in [1.165, 1.54) is 0 Å². The van der Waals surface area contributed by atoms with Crippen LogP contribution in [-0.4, -0.2) is 30.1 Å². The molecule has 0 spiro atoms. The number of aliphatic imine (C=N–C) groups is 2. The van der Waals surface area contributed by atoms with Gasteiger partial charge in [0.2, 0.25) is 0 Å². The van der Waals surface area contributed by atoms with Gasteiger partial charge in [-0.3, -0.25) is 0 Å². The molecule has 2 aliphatic heterocycles. The molecule has 5 heteroatoms. The van der Waals surface area contributed by atoms with E-state index in [9.17, 15) is 5.11 Å². The molecule has 32 heavy (non-hydrogen) atoms. The van der Waals surface area contributed by atoms with Gasteiger partial charge in [0.05, 0.1) is 0 Å². The zero-order chi connectivity index (χ0) is 22.0. The number of ether oxygens (including phenoxy) is 2. The van der Waals surface area contributed by atoms with Gasteiger partial charge in [0.1, 0.15) is 36.5 Å². The Morgan fingerprint density at radius 3 is 1.69 bits per heavy atom. The van der Waals surface area contributed by atoms with E-state index in [-0.39, 0.29) is 17.8 Å². The van der Waals surface area contributed by atoms with E-state index in [1.54, 1.807) is 12.1 Å². The summed E-state index contributed by atoms with van der Waals surface area (Å²) in [4.78, 5) is 9.94. The Kier molecular flexibility index (Phi) is 5.39. The normalized spacial score (nSPS) is 20.3. The molecular formula is C27H26N2O3. The highest BCUT2D eigenvalue weighted by atomic mass is 16.5. The fraction of sp³-hybridized carbons (Fsp3) is 0.259. The molecule has 0 saturated heterocycles. The number of aromatic hydroxyl groups is 1. The number of hydrogen-bond donors (Lipinski definition) is 1. The highest BCUT2D eigenvalue weighted by molar-refractivity contribution is 6.06. The molecule has 5 rings (SSSR count). The van der Waals surface area contributed by atoms with Crippen LogP contribution in [0.3, 0.4) is 0 Å². The summed E-state index contributed by atoms with van der Waals surface area (Å²) in [6.07, 6.45) is 0.605. The van der Waals surface area contributed by atoms with Crippen molar-refractivity contribution in [3.05, 3.63) is 102 Å². The molecule has 0 bridgehead atoms. The minimum atomic E-state index is -0.649. The number of benzene rings is 3. The van der Waals surface area contributed by atoms with Crippen LogP contribution in [0.25, 0.3) is 0 Å². The molecule has 3 aromatic carbocycles. The first-order valence-electron chi connectivity index (χ1n) is 10.9. The van der Waals surface area contributed by atoms with Crippen LogP contribution < -0.4 is 0 Å². The van der Waals surface area contributed by atoms with Gasteiger partial charge >= 0.3 is 0 Å². The van der Waals surface area contributed by atoms with E-state index in [2.05, 4.69) is 31.2 Å². The Hall–Kier alpha value is -3.60. The fourth-order valence-electron chi connectivity index (χ4n) is 4.31. The molecule has 0 radical (unpaired) electrons. The van der Waals surface area contributed by atoms with Gasteiger partial charge in [-0.25, -0.2) is 9.98 Å². The summed E-state index contributed by atoms with van der Waals surface area (Å²) in [6.45, 7) is 3.08. The Morgan fingerprint density at radius 2 is 1.22 bits per heavy atom. The molecule has 0 amide bonds. The number of phenols is 1. The van der Waals surface area contributed by atoms with Gasteiger partial charge in [-0.2, -0.15) is 0 Å². The molecule has 2 heterocycles. The lowest BCUT2D eigenvalue weighted by molar-refractivity contribution is 0.257. The molecule has 0 fully saturated rings. The smallest absolute Gasteiger partial charge is 0.200 e. The van der Waals surface area contributed by atoms with Crippen LogP contribution in [0, 0.1) is 5.41 Å². The van der Waals surface area contributed by atoms with Crippen molar-refractivity contribution in [1.29, 1.82) is 0 Å². The Morgan fingerprint density at radius 1 is 0.750 bits per heavy atom. The standard InChI is InChI=1S/C27H26N2O3/c1-27(16-19-12-14-22(30)15-13-19,25-28-23(17-31-25)20-8-4-2-5-9-20)26-29-24(18-32-26)21-10-6-3-7-11-21/h2-15,23-24,30H,16-18H2,1H3/t23-,24-/m1/s1. The number of nitrogens with zero attached hydrogens (tertiary/aromatic N) is 2. The van der Waals surface area contributed by atoms with Crippen LogP contribution in [-0.2, 0) is 15.9 Å². The van der Waals surface area contributed by atoms with E-state index in [0.717, 1.165) is 16.7 Å². The van der Waals surface area contributed by atoms with Crippen molar-refractivity contribution in [2.24, 2.45) is 15.4 Å². The second-order valence-corrected chi connectivity index (χ2v) is 8.52. The van der Waals surface area contributed by atoms with Crippen LogP contribution in [0.2, 0.25) is 0 Å². The van der Waals surface area contributed by atoms with E-state index in [1.807, 2.05) is 48.5 Å². The van der Waals surface area contributed by atoms with Crippen molar-refractivity contribution in [3.63, 3.8) is 0 Å². The van der Waals surface area contributed by atoms with Gasteiger partial charge in [-0.15, -0.1) is 0 Å². The third-order valence-corrected chi connectivity index (χ3v) is 6.11. The molecule has 0 saturated carbocycles. The predicted molar refractivity (Wildman–Crippen MR) is 125 cm³/mol. The zero-order valence-electron chi connectivity index (χ0n) is 18.0. The Bertz CT molecular complexity index is 1060. The topological polar surface area (TPSA) is 63.4 Å². The molecule has 5 nitrogen and oxygen atoms in total. The second-order valence-electron chi connectivity index (χ2n) is 8.52. The summed E-state index contributed by atoms with van der Waals surface area (Å²) >= 11 is 0. The molecule has 1 N–H and O–H groups in total. The lowest BCUT2D eigenvalue weighted by Crippen LogP contribution is -2.39. The Balaban J connectivity index is 1.50. The SMILES string of the molecule is CC(Cc1ccc(O)cc1)(C1=N[C@@H](c2ccccc2)CO1)C1=N[C@@H](c2ccccc2)CO1. The lowest BCUT2D eigenvalue weighted by Gasteiger charge is -2.28. The van der Waals surface area contributed by atoms with Gasteiger partial charge in [-0.05, 0) is 42.2 Å². The molecular weight excluding hydrogens is 400 g/mol. The maximum absolute atomic E-state index is 9.70. The van der Waals surface area contributed by atoms with Gasteiger partial charge < -0.3 is 14.6 Å². The van der Waals surface area contributed by atoms with E-state index >= 15 is 0 Å². The number of rotatable bonds is 6. The summed E-state index contributed by atoms with van der Waals surface area (Å²) < 4.78 is 12.3. The number of phenolic OH excluding ortho intramolecular Hbond substituents is 1. The molecule has 2 atom stereocenters. The highest BCUT2D eigenvalue weighted by Crippen LogP contribution is 2.38. The third kappa shape index (κ3) is 3.98. The maximum Gasteiger partial charge on any atom is 0.200 e. The summed E-state index contributed by atoms with van der Waals surface area (Å²) in [5.41, 5.74) is 2.66. The minimum absolute atomic E-state index is 0.0442. The Labute approximate surface area is 188 Å². The van der Waals surface area contributed by atoms with Crippen LogP contribution >= 0.6 is 0 Å². The fourth-order valence-corrected chi connectivity index (χ4v) is 4.31. The van der Waals surface area contributed by atoms with Crippen molar-refractivity contribution >= 4 is 11.8 Å². The average molecular weight is 427 g/mol. The van der Waals surface area contributed by atoms with Gasteiger partial charge in [0, 0.05) is 0 Å². The third-order valence-electron chi connectivity index (χ3n) is 6.11. The summed E-state index contributed by atoms with van der Waals surface area (Å²) in [5.74, 6) is 1.53. The predicted octanol–water partition coefficient (Wildman–Crippen LogP) is 5.28. The van der Waals surface area contributed by atoms with Gasteiger partial charge in [-0.1, -0.05) is 72.8 Å². The van der Waals surface area contributed by atoms with Crippen LogP contribution in [0.5, 0.6) is 5.75 Å². The van der Waals surface area contributed by atoms with Crippen molar-refractivity contribution in [2.45, 2.75) is 25.4 Å². The minimum Gasteiger partial charge on any atom is -0.508 e. The van der Waals surface area contributed by atoms with E-state index in [0.29, 0.717) is 31.4 Å². The molecule has 3 aromatic rings. The lowest BCUT2D eigenvalue weighted by atomic mass is 9.82. The van der Waals surface area contributed by atoms with Crippen molar-refractivity contribution < 1.29 is 14.6 Å². The molecule has 0 aliphatic carbocycles. The second kappa shape index (κ2) is 8.50. The van der Waals surface area contributed by atoms with Gasteiger partial charge in [0.25, 0.3) is 0 Å². The molecule has 0 unspecified atom stereocenters. The van der Waals surface area contributed by atoms with Crippen molar-refractivity contribution in [2.75, 3.05) is 13.2 Å². The van der Waals surface area contributed by atoms with E-state index < -0.39 is 5.41 Å². The summed E-state index contributed by atoms with van der Waals surface area (Å²) in [5, 5.41) is 9.70. The van der Waals surface area contributed by atoms with E-state index in [4.69, 9.17) is 19.5 Å². The highest BCUT2D eigenvalue weighted by Gasteiger charge is 2.45. The van der Waals surface area contributed by atoms with Crippen molar-refractivity contribution in [1.82, 2.24) is 0 Å².